The van der Waals surface area contributed by atoms with Gasteiger partial charge in [0.05, 0.1) is 12.7 Å². The first-order valence-corrected chi connectivity index (χ1v) is 11.1. The fraction of sp³-hybridized carbons (Fsp3) is 0.385. The zero-order valence-corrected chi connectivity index (χ0v) is 19.5. The molecular weight excluding hydrogens is 420 g/mol. The number of nitrogens with one attached hydrogen (secondary N) is 1. The molecule has 0 fully saturated rings. The van der Waals surface area contributed by atoms with Gasteiger partial charge in [-0.2, -0.15) is 0 Å². The highest BCUT2D eigenvalue weighted by Gasteiger charge is 2.18. The van der Waals surface area contributed by atoms with Crippen LogP contribution in [0.2, 0.25) is 0 Å². The van der Waals surface area contributed by atoms with E-state index >= 15 is 0 Å². The van der Waals surface area contributed by atoms with Crippen LogP contribution < -0.4 is 5.32 Å². The van der Waals surface area contributed by atoms with Crippen molar-refractivity contribution in [1.82, 2.24) is 4.90 Å². The van der Waals surface area contributed by atoms with Gasteiger partial charge < -0.3 is 25.2 Å². The van der Waals surface area contributed by atoms with Crippen molar-refractivity contribution in [2.45, 2.75) is 39.0 Å². The Bertz CT molecular complexity index is 897. The third-order valence-electron chi connectivity index (χ3n) is 5.29. The van der Waals surface area contributed by atoms with Crippen LogP contribution in [0.15, 0.2) is 66.7 Å². The lowest BCUT2D eigenvalue weighted by Gasteiger charge is -2.22. The Balaban J connectivity index is 1.96. The van der Waals surface area contributed by atoms with Crippen molar-refractivity contribution in [2.24, 2.45) is 5.92 Å². The van der Waals surface area contributed by atoms with Crippen molar-refractivity contribution >= 4 is 17.5 Å². The summed E-state index contributed by atoms with van der Waals surface area (Å²) in [5.41, 5.74) is 2.54. The van der Waals surface area contributed by atoms with Gasteiger partial charge in [0, 0.05) is 38.2 Å². The van der Waals surface area contributed by atoms with Crippen LogP contribution in [0.1, 0.15) is 37.5 Å². The fourth-order valence-electron chi connectivity index (χ4n) is 3.49. The minimum absolute atomic E-state index is 0.00104. The third kappa shape index (κ3) is 8.46. The lowest BCUT2D eigenvalue weighted by atomic mass is 9.96. The summed E-state index contributed by atoms with van der Waals surface area (Å²) in [6.45, 7) is 4.08. The molecule has 0 aliphatic carbocycles. The van der Waals surface area contributed by atoms with E-state index in [0.717, 1.165) is 11.1 Å². The molecule has 7 nitrogen and oxygen atoms in total. The number of carbonyl (C=O) groups excluding carboxylic acids is 2. The average molecular weight is 455 g/mol. The molecular formula is C26H34N2O5. The second kappa shape index (κ2) is 13.5. The van der Waals surface area contributed by atoms with E-state index in [1.807, 2.05) is 61.5 Å². The molecule has 0 heterocycles. The van der Waals surface area contributed by atoms with E-state index in [0.29, 0.717) is 12.2 Å². The van der Waals surface area contributed by atoms with Gasteiger partial charge in [0.2, 0.25) is 5.91 Å². The summed E-state index contributed by atoms with van der Waals surface area (Å²) in [5.74, 6) is -0.515. The van der Waals surface area contributed by atoms with Crippen molar-refractivity contribution in [1.29, 1.82) is 0 Å². The molecule has 0 saturated heterocycles. The van der Waals surface area contributed by atoms with Gasteiger partial charge in [0.15, 0.2) is 0 Å². The number of benzene rings is 2. The Morgan fingerprint density at radius 3 is 2.33 bits per heavy atom. The number of rotatable bonds is 12. The number of anilines is 1. The van der Waals surface area contributed by atoms with Crippen LogP contribution in [0, 0.1) is 5.92 Å². The van der Waals surface area contributed by atoms with Crippen LogP contribution in [0.3, 0.4) is 0 Å². The highest BCUT2D eigenvalue weighted by Crippen LogP contribution is 2.27. The summed E-state index contributed by atoms with van der Waals surface area (Å²) in [7, 11) is 1.63. The van der Waals surface area contributed by atoms with Crippen molar-refractivity contribution in [2.75, 3.05) is 25.6 Å². The number of hydrogen-bond acceptors (Lipinski definition) is 5. The lowest BCUT2D eigenvalue weighted by Crippen LogP contribution is -2.32. The zero-order valence-electron chi connectivity index (χ0n) is 19.5. The predicted octanol–water partition coefficient (Wildman–Crippen LogP) is 3.30. The minimum Gasteiger partial charge on any atom is -0.395 e. The van der Waals surface area contributed by atoms with Crippen molar-refractivity contribution in [3.63, 3.8) is 0 Å². The Morgan fingerprint density at radius 1 is 1.09 bits per heavy atom. The molecule has 0 bridgehead atoms. The fourth-order valence-corrected chi connectivity index (χ4v) is 3.49. The number of hydrogen-bond donors (Lipinski definition) is 3. The number of methoxy groups -OCH3 is 1. The topological polar surface area (TPSA) is 99.1 Å². The quantitative estimate of drug-likeness (QED) is 0.428. The smallest absolute Gasteiger partial charge is 0.252 e. The van der Waals surface area contributed by atoms with Crippen molar-refractivity contribution < 1.29 is 24.5 Å². The SMILES string of the molecule is CO[C@H](c1ccc(NC(=O)[C@H](C)O)cc1)[C@H](C)/C=C/CC(=O)N(CCO)Cc1ccccc1. The standard InChI is InChI=1S/C26H34N2O5/c1-19(25(33-3)22-12-14-23(15-13-22)27-26(32)20(2)30)8-7-11-24(31)28(16-17-29)18-21-9-5-4-6-10-21/h4-10,12-15,19-20,25,29-30H,11,16-18H2,1-3H3,(H,27,32)/b8-7+/t19-,20+,25+/m1/s1. The second-order valence-corrected chi connectivity index (χ2v) is 7.96. The van der Waals surface area contributed by atoms with E-state index in [4.69, 9.17) is 4.74 Å². The zero-order chi connectivity index (χ0) is 24.2. The molecule has 2 amide bonds. The number of carbonyl (C=O) groups is 2. The van der Waals surface area contributed by atoms with Crippen LogP contribution in [0.25, 0.3) is 0 Å². The molecule has 0 aromatic heterocycles. The highest BCUT2D eigenvalue weighted by molar-refractivity contribution is 5.93. The minimum atomic E-state index is -1.08. The van der Waals surface area contributed by atoms with E-state index in [1.165, 1.54) is 6.92 Å². The monoisotopic (exact) mass is 454 g/mol. The molecule has 0 radical (unpaired) electrons. The summed E-state index contributed by atoms with van der Waals surface area (Å²) >= 11 is 0. The predicted molar refractivity (Wildman–Crippen MR) is 128 cm³/mol. The first kappa shape index (κ1) is 26.3. The normalized spacial score (nSPS) is 14.0. The molecule has 2 rings (SSSR count). The van der Waals surface area contributed by atoms with Gasteiger partial charge in [-0.05, 0) is 30.2 Å². The van der Waals surface area contributed by atoms with Crippen LogP contribution in [0.4, 0.5) is 5.69 Å². The van der Waals surface area contributed by atoms with E-state index in [9.17, 15) is 19.8 Å². The molecule has 7 heteroatoms. The lowest BCUT2D eigenvalue weighted by molar-refractivity contribution is -0.131. The van der Waals surface area contributed by atoms with Crippen molar-refractivity contribution in [3.05, 3.63) is 77.9 Å². The van der Waals surface area contributed by atoms with Crippen LogP contribution in [-0.4, -0.2) is 53.3 Å². The van der Waals surface area contributed by atoms with Gasteiger partial charge >= 0.3 is 0 Å². The van der Waals surface area contributed by atoms with Crippen LogP contribution in [-0.2, 0) is 20.9 Å². The maximum atomic E-state index is 12.7. The molecule has 2 aromatic carbocycles. The maximum absolute atomic E-state index is 12.7. The largest absolute Gasteiger partial charge is 0.395 e. The van der Waals surface area contributed by atoms with E-state index in [-0.39, 0.29) is 37.5 Å². The van der Waals surface area contributed by atoms with E-state index in [2.05, 4.69) is 5.32 Å². The summed E-state index contributed by atoms with van der Waals surface area (Å²) in [6, 6.07) is 17.0. The molecule has 0 aliphatic rings. The molecule has 0 aliphatic heterocycles. The molecule has 3 N–H and O–H groups in total. The highest BCUT2D eigenvalue weighted by atomic mass is 16.5. The molecule has 3 atom stereocenters. The van der Waals surface area contributed by atoms with Gasteiger partial charge in [-0.15, -0.1) is 0 Å². The number of amides is 2. The van der Waals surface area contributed by atoms with E-state index in [1.54, 1.807) is 24.1 Å². The summed E-state index contributed by atoms with van der Waals surface area (Å²) < 4.78 is 5.67. The molecule has 2 aromatic rings. The van der Waals surface area contributed by atoms with Gasteiger partial charge in [-0.3, -0.25) is 9.59 Å². The van der Waals surface area contributed by atoms with Gasteiger partial charge in [-0.1, -0.05) is 61.5 Å². The molecule has 0 unspecified atom stereocenters. The Kier molecular flexibility index (Phi) is 10.8. The number of ether oxygens (including phenoxy) is 1. The number of aliphatic hydroxyl groups is 2. The van der Waals surface area contributed by atoms with Crippen LogP contribution in [0.5, 0.6) is 0 Å². The second-order valence-electron chi connectivity index (χ2n) is 7.96. The van der Waals surface area contributed by atoms with Crippen molar-refractivity contribution in [3.8, 4) is 0 Å². The maximum Gasteiger partial charge on any atom is 0.252 e. The average Bonchev–Trinajstić information content (AvgIpc) is 2.81. The van der Waals surface area contributed by atoms with E-state index < -0.39 is 12.0 Å². The summed E-state index contributed by atoms with van der Waals surface area (Å²) in [5, 5.41) is 21.3. The van der Waals surface area contributed by atoms with Crippen LogP contribution >= 0.6 is 0 Å². The Labute approximate surface area is 195 Å². The first-order chi connectivity index (χ1) is 15.8. The molecule has 33 heavy (non-hydrogen) atoms. The van der Waals surface area contributed by atoms with Gasteiger partial charge in [-0.25, -0.2) is 0 Å². The van der Waals surface area contributed by atoms with Gasteiger partial charge in [0.1, 0.15) is 6.10 Å². The molecule has 0 spiro atoms. The first-order valence-electron chi connectivity index (χ1n) is 11.1. The Hall–Kier alpha value is -3.00. The number of aliphatic hydroxyl groups excluding tert-OH is 2. The summed E-state index contributed by atoms with van der Waals surface area (Å²) in [6.07, 6.45) is 2.72. The third-order valence-corrected chi connectivity index (χ3v) is 5.29. The van der Waals surface area contributed by atoms with Gasteiger partial charge in [0.25, 0.3) is 5.91 Å². The molecule has 178 valence electrons. The number of nitrogens with zero attached hydrogens (tertiary/aromatic N) is 1. The summed E-state index contributed by atoms with van der Waals surface area (Å²) in [4.78, 5) is 26.0. The Morgan fingerprint density at radius 2 is 1.76 bits per heavy atom. The molecule has 0 saturated carbocycles.